The van der Waals surface area contributed by atoms with Gasteiger partial charge in [-0.2, -0.15) is 5.26 Å². The van der Waals surface area contributed by atoms with Gasteiger partial charge in [0.05, 0.1) is 23.1 Å². The van der Waals surface area contributed by atoms with Crippen molar-refractivity contribution in [3.8, 4) is 17.3 Å². The van der Waals surface area contributed by atoms with Crippen LogP contribution >= 0.6 is 11.3 Å². The van der Waals surface area contributed by atoms with E-state index in [9.17, 15) is 8.42 Å². The molecule has 0 fully saturated rings. The molecule has 0 aliphatic rings. The van der Waals surface area contributed by atoms with Gasteiger partial charge in [-0.05, 0) is 12.1 Å². The van der Waals surface area contributed by atoms with Crippen molar-refractivity contribution in [1.82, 2.24) is 4.98 Å². The maximum atomic E-state index is 11.3. The molecule has 18 heavy (non-hydrogen) atoms. The summed E-state index contributed by atoms with van der Waals surface area (Å²) in [4.78, 5) is 4.60. The summed E-state index contributed by atoms with van der Waals surface area (Å²) >= 11 is 1.43. The fraction of sp³-hybridized carbons (Fsp3) is 0.167. The molecule has 6 heteroatoms. The van der Waals surface area contributed by atoms with Crippen molar-refractivity contribution < 1.29 is 8.42 Å². The van der Waals surface area contributed by atoms with Crippen LogP contribution in [-0.4, -0.2) is 19.7 Å². The lowest BCUT2D eigenvalue weighted by atomic mass is 10.2. The first-order chi connectivity index (χ1) is 8.50. The van der Waals surface area contributed by atoms with Crippen LogP contribution in [0.15, 0.2) is 34.5 Å². The Morgan fingerprint density at radius 3 is 2.56 bits per heavy atom. The zero-order chi connectivity index (χ0) is 13.2. The van der Waals surface area contributed by atoms with Crippen molar-refractivity contribution in [2.24, 2.45) is 0 Å². The molecule has 4 nitrogen and oxygen atoms in total. The molecular weight excluding hydrogens is 268 g/mol. The van der Waals surface area contributed by atoms with Crippen LogP contribution in [0.4, 0.5) is 0 Å². The predicted octanol–water partition coefficient (Wildman–Crippen LogP) is 2.28. The van der Waals surface area contributed by atoms with E-state index >= 15 is 0 Å². The maximum Gasteiger partial charge on any atom is 0.175 e. The highest BCUT2D eigenvalue weighted by Crippen LogP contribution is 2.23. The lowest BCUT2D eigenvalue weighted by molar-refractivity contribution is 0.602. The zero-order valence-corrected chi connectivity index (χ0v) is 11.3. The van der Waals surface area contributed by atoms with E-state index in [0.717, 1.165) is 16.3 Å². The fourth-order valence-electron chi connectivity index (χ4n) is 1.47. The van der Waals surface area contributed by atoms with Crippen molar-refractivity contribution >= 4 is 21.2 Å². The second kappa shape index (κ2) is 4.88. The van der Waals surface area contributed by atoms with Crippen LogP contribution in [0.5, 0.6) is 0 Å². The molecule has 0 saturated carbocycles. The summed E-state index contributed by atoms with van der Waals surface area (Å²) < 4.78 is 22.6. The standard InChI is InChI=1S/C12H10N2O2S2/c1-18(15,16)10-4-2-9(3-5-10)11-8-17-12(14-11)6-7-13/h2-5,8H,6H2,1H3. The second-order valence-electron chi connectivity index (χ2n) is 3.76. The Hall–Kier alpha value is -1.71. The highest BCUT2D eigenvalue weighted by molar-refractivity contribution is 7.90. The van der Waals surface area contributed by atoms with Gasteiger partial charge in [0.25, 0.3) is 0 Å². The number of rotatable bonds is 3. The normalized spacial score (nSPS) is 11.1. The van der Waals surface area contributed by atoms with E-state index in [1.807, 2.05) is 11.4 Å². The Morgan fingerprint density at radius 1 is 1.33 bits per heavy atom. The minimum absolute atomic E-state index is 0.290. The van der Waals surface area contributed by atoms with Gasteiger partial charge in [-0.1, -0.05) is 12.1 Å². The monoisotopic (exact) mass is 278 g/mol. The van der Waals surface area contributed by atoms with Gasteiger partial charge in [0, 0.05) is 17.2 Å². The highest BCUT2D eigenvalue weighted by atomic mass is 32.2. The van der Waals surface area contributed by atoms with Crippen LogP contribution in [0, 0.1) is 11.3 Å². The second-order valence-corrected chi connectivity index (χ2v) is 6.72. The van der Waals surface area contributed by atoms with Crippen LogP contribution in [0.1, 0.15) is 5.01 Å². The minimum atomic E-state index is -3.17. The number of sulfone groups is 1. The molecule has 0 N–H and O–H groups in total. The smallest absolute Gasteiger partial charge is 0.175 e. The van der Waals surface area contributed by atoms with Gasteiger partial charge in [-0.25, -0.2) is 13.4 Å². The van der Waals surface area contributed by atoms with E-state index in [1.54, 1.807) is 24.3 Å². The first-order valence-corrected chi connectivity index (χ1v) is 7.89. The van der Waals surface area contributed by atoms with Gasteiger partial charge in [0.15, 0.2) is 9.84 Å². The van der Waals surface area contributed by atoms with Crippen molar-refractivity contribution in [2.45, 2.75) is 11.3 Å². The molecular formula is C12H10N2O2S2. The number of nitriles is 1. The minimum Gasteiger partial charge on any atom is -0.240 e. The molecule has 0 unspecified atom stereocenters. The van der Waals surface area contributed by atoms with Gasteiger partial charge in [-0.3, -0.25) is 0 Å². The molecule has 0 aliphatic carbocycles. The fourth-order valence-corrected chi connectivity index (χ4v) is 2.83. The van der Waals surface area contributed by atoms with Gasteiger partial charge in [0.1, 0.15) is 5.01 Å². The predicted molar refractivity (Wildman–Crippen MR) is 70.0 cm³/mol. The van der Waals surface area contributed by atoms with Gasteiger partial charge in [0.2, 0.25) is 0 Å². The van der Waals surface area contributed by atoms with Crippen LogP contribution in [-0.2, 0) is 16.3 Å². The van der Waals surface area contributed by atoms with Crippen molar-refractivity contribution in [1.29, 1.82) is 5.26 Å². The van der Waals surface area contributed by atoms with Gasteiger partial charge in [-0.15, -0.1) is 11.3 Å². The van der Waals surface area contributed by atoms with E-state index < -0.39 is 9.84 Å². The summed E-state index contributed by atoms with van der Waals surface area (Å²) in [5, 5.41) is 11.2. The first-order valence-electron chi connectivity index (χ1n) is 5.12. The largest absolute Gasteiger partial charge is 0.240 e. The SMILES string of the molecule is CS(=O)(=O)c1ccc(-c2csc(CC#N)n2)cc1. The third kappa shape index (κ3) is 2.75. The molecule has 0 atom stereocenters. The molecule has 2 aromatic rings. The number of benzene rings is 1. The molecule has 0 bridgehead atoms. The van der Waals surface area contributed by atoms with Gasteiger partial charge < -0.3 is 0 Å². The Kier molecular flexibility index (Phi) is 3.45. The molecule has 0 spiro atoms. The maximum absolute atomic E-state index is 11.3. The zero-order valence-electron chi connectivity index (χ0n) is 9.62. The van der Waals surface area contributed by atoms with Crippen LogP contribution in [0.25, 0.3) is 11.3 Å². The average molecular weight is 278 g/mol. The number of nitrogens with zero attached hydrogens (tertiary/aromatic N) is 2. The summed E-state index contributed by atoms with van der Waals surface area (Å²) in [6.07, 6.45) is 1.47. The van der Waals surface area contributed by atoms with E-state index in [-0.39, 0.29) is 0 Å². The highest BCUT2D eigenvalue weighted by Gasteiger charge is 2.08. The quantitative estimate of drug-likeness (QED) is 0.863. The Labute approximate surface area is 109 Å². The topological polar surface area (TPSA) is 70.8 Å². The lowest BCUT2D eigenvalue weighted by Crippen LogP contribution is -1.96. The van der Waals surface area contributed by atoms with E-state index in [2.05, 4.69) is 4.98 Å². The van der Waals surface area contributed by atoms with Crippen molar-refractivity contribution in [3.05, 3.63) is 34.7 Å². The summed E-state index contributed by atoms with van der Waals surface area (Å²) in [6, 6.07) is 8.62. The number of thiazole rings is 1. The summed E-state index contributed by atoms with van der Waals surface area (Å²) in [5.41, 5.74) is 1.62. The van der Waals surface area contributed by atoms with Crippen molar-refractivity contribution in [3.63, 3.8) is 0 Å². The molecule has 1 aromatic carbocycles. The molecule has 92 valence electrons. The molecule has 2 rings (SSSR count). The molecule has 1 aromatic heterocycles. The summed E-state index contributed by atoms with van der Waals surface area (Å²) in [7, 11) is -3.17. The third-order valence-electron chi connectivity index (χ3n) is 2.36. The van der Waals surface area contributed by atoms with Crippen LogP contribution < -0.4 is 0 Å². The first kappa shape index (κ1) is 12.7. The molecule has 0 saturated heterocycles. The van der Waals surface area contributed by atoms with Crippen molar-refractivity contribution in [2.75, 3.05) is 6.26 Å². The van der Waals surface area contributed by atoms with Crippen LogP contribution in [0.2, 0.25) is 0 Å². The summed E-state index contributed by atoms with van der Waals surface area (Å²) in [5.74, 6) is 0. The van der Waals surface area contributed by atoms with Gasteiger partial charge >= 0.3 is 0 Å². The Morgan fingerprint density at radius 2 is 2.00 bits per heavy atom. The third-order valence-corrected chi connectivity index (χ3v) is 4.34. The molecule has 0 radical (unpaired) electrons. The van der Waals surface area contributed by atoms with E-state index in [0.29, 0.717) is 11.3 Å². The Balaban J connectivity index is 2.32. The molecule has 1 heterocycles. The summed E-state index contributed by atoms with van der Waals surface area (Å²) in [6.45, 7) is 0. The lowest BCUT2D eigenvalue weighted by Gasteiger charge is -2.00. The average Bonchev–Trinajstić information content (AvgIpc) is 2.77. The van der Waals surface area contributed by atoms with E-state index in [4.69, 9.17) is 5.26 Å². The number of hydrogen-bond acceptors (Lipinski definition) is 5. The van der Waals surface area contributed by atoms with Crippen LogP contribution in [0.3, 0.4) is 0 Å². The number of hydrogen-bond donors (Lipinski definition) is 0. The molecule has 0 amide bonds. The Bertz CT molecular complexity index is 694. The molecule has 0 aliphatic heterocycles. The van der Waals surface area contributed by atoms with E-state index in [1.165, 1.54) is 17.6 Å². The number of aromatic nitrogens is 1.